The fourth-order valence-corrected chi connectivity index (χ4v) is 2.35. The third-order valence-electron chi connectivity index (χ3n) is 1.43. The molecule has 73 valence electrons. The van der Waals surface area contributed by atoms with E-state index in [1.54, 1.807) is 0 Å². The summed E-state index contributed by atoms with van der Waals surface area (Å²) in [6.07, 6.45) is 4.47. The van der Waals surface area contributed by atoms with Gasteiger partial charge in [-0.3, -0.25) is 0 Å². The second kappa shape index (κ2) is 10.0. The zero-order valence-electron chi connectivity index (χ0n) is 7.94. The van der Waals surface area contributed by atoms with E-state index in [4.69, 9.17) is 15.9 Å². The second-order valence-electron chi connectivity index (χ2n) is 2.64. The molecule has 0 radical (unpaired) electrons. The Morgan fingerprint density at radius 2 is 1.42 bits per heavy atom. The zero-order chi connectivity index (χ0) is 9.23. The quantitative estimate of drug-likeness (QED) is 0.470. The molecule has 4 heteroatoms. The summed E-state index contributed by atoms with van der Waals surface area (Å²) in [6, 6.07) is 0. The van der Waals surface area contributed by atoms with Gasteiger partial charge in [-0.1, -0.05) is 0 Å². The molecule has 0 aliphatic carbocycles. The molecule has 0 unspecified atom stereocenters. The van der Waals surface area contributed by atoms with E-state index >= 15 is 0 Å². The van der Waals surface area contributed by atoms with Gasteiger partial charge < -0.3 is 0 Å². The monoisotopic (exact) mass is 229 g/mol. The van der Waals surface area contributed by atoms with Crippen molar-refractivity contribution in [1.29, 1.82) is 0 Å². The van der Waals surface area contributed by atoms with Crippen molar-refractivity contribution in [3.63, 3.8) is 0 Å². The van der Waals surface area contributed by atoms with Crippen LogP contribution in [0.3, 0.4) is 0 Å². The summed E-state index contributed by atoms with van der Waals surface area (Å²) in [4.78, 5) is 0. The van der Waals surface area contributed by atoms with Gasteiger partial charge in [0.15, 0.2) is 0 Å². The zero-order valence-corrected chi connectivity index (χ0v) is 10.3. The van der Waals surface area contributed by atoms with Gasteiger partial charge in [-0.25, -0.2) is 0 Å². The third kappa shape index (κ3) is 9.02. The van der Waals surface area contributed by atoms with Gasteiger partial charge in [-0.05, 0) is 0 Å². The van der Waals surface area contributed by atoms with Gasteiger partial charge >= 0.3 is 86.3 Å². The minimum absolute atomic E-state index is 0.765. The molecule has 0 saturated carbocycles. The number of rotatable bonds is 8. The molecule has 0 fully saturated rings. The molecule has 0 aromatic carbocycles. The molecule has 0 heterocycles. The molecule has 0 saturated heterocycles. The van der Waals surface area contributed by atoms with E-state index in [9.17, 15) is 0 Å². The summed E-state index contributed by atoms with van der Waals surface area (Å²) < 4.78 is 10.7. The van der Waals surface area contributed by atoms with Crippen molar-refractivity contribution < 1.29 is 24.2 Å². The van der Waals surface area contributed by atoms with Crippen LogP contribution in [0.5, 0.6) is 0 Å². The summed E-state index contributed by atoms with van der Waals surface area (Å²) in [5, 5.41) is 0. The Morgan fingerprint density at radius 3 is 1.75 bits per heavy atom. The van der Waals surface area contributed by atoms with Crippen molar-refractivity contribution in [2.24, 2.45) is 0 Å². The maximum atomic E-state index is 5.87. The normalized spacial score (nSPS) is 10.2. The standard InChI is InChI=1S/2C4H9O.ClH.Ti/c2*1-2-3-4-5;;/h2*2-4H2,1H3;1H;/q2*-1;;+3/p-1. The van der Waals surface area contributed by atoms with Crippen LogP contribution >= 0.6 is 9.30 Å². The van der Waals surface area contributed by atoms with E-state index in [-0.39, 0.29) is 0 Å². The van der Waals surface area contributed by atoms with E-state index < -0.39 is 17.6 Å². The summed E-state index contributed by atoms with van der Waals surface area (Å²) in [7, 11) is 5.87. The van der Waals surface area contributed by atoms with Crippen molar-refractivity contribution in [2.75, 3.05) is 13.2 Å². The first-order chi connectivity index (χ1) is 5.81. The van der Waals surface area contributed by atoms with E-state index in [0.717, 1.165) is 38.9 Å². The number of halogens is 1. The van der Waals surface area contributed by atoms with E-state index in [0.29, 0.717) is 0 Å². The summed E-state index contributed by atoms with van der Waals surface area (Å²) in [6.45, 7) is 5.80. The fraction of sp³-hybridized carbons (Fsp3) is 1.00. The molecular formula is C8H18ClO2Ti. The van der Waals surface area contributed by atoms with Crippen LogP contribution in [0.25, 0.3) is 0 Å². The predicted octanol–water partition coefficient (Wildman–Crippen LogP) is 3.22. The van der Waals surface area contributed by atoms with Gasteiger partial charge in [0.25, 0.3) is 0 Å². The van der Waals surface area contributed by atoms with Crippen LogP contribution in [-0.2, 0) is 24.2 Å². The van der Waals surface area contributed by atoms with Gasteiger partial charge in [0, 0.05) is 0 Å². The van der Waals surface area contributed by atoms with Crippen molar-refractivity contribution in [2.45, 2.75) is 39.5 Å². The van der Waals surface area contributed by atoms with Gasteiger partial charge in [0.05, 0.1) is 0 Å². The summed E-state index contributed by atoms with van der Waals surface area (Å²) in [5.41, 5.74) is 0. The van der Waals surface area contributed by atoms with Gasteiger partial charge in [-0.2, -0.15) is 0 Å². The molecule has 0 aliphatic heterocycles. The SMILES string of the molecule is CCCC[O][Ti]([Cl])[O]CCCC. The van der Waals surface area contributed by atoms with Crippen LogP contribution in [0.2, 0.25) is 0 Å². The average Bonchev–Trinajstić information content (AvgIpc) is 2.06. The Morgan fingerprint density at radius 1 is 1.00 bits per heavy atom. The Hall–Kier alpha value is 0.924. The summed E-state index contributed by atoms with van der Waals surface area (Å²) >= 11 is -2.04. The first-order valence-electron chi connectivity index (χ1n) is 4.59. The van der Waals surface area contributed by atoms with Gasteiger partial charge in [0.2, 0.25) is 0 Å². The molecule has 0 rings (SSSR count). The average molecular weight is 230 g/mol. The van der Waals surface area contributed by atoms with Crippen LogP contribution in [0, 0.1) is 0 Å². The number of unbranched alkanes of at least 4 members (excludes halogenated alkanes) is 2. The van der Waals surface area contributed by atoms with Crippen LogP contribution in [0.1, 0.15) is 39.5 Å². The molecule has 0 aromatic rings. The Kier molecular flexibility index (Phi) is 10.8. The molecule has 2 nitrogen and oxygen atoms in total. The first kappa shape index (κ1) is 12.9. The Balaban J connectivity index is 3.04. The van der Waals surface area contributed by atoms with Crippen molar-refractivity contribution in [1.82, 2.24) is 0 Å². The number of hydrogen-bond acceptors (Lipinski definition) is 2. The van der Waals surface area contributed by atoms with Gasteiger partial charge in [0.1, 0.15) is 0 Å². The molecule has 0 aromatic heterocycles. The molecule has 0 aliphatic rings. The number of hydrogen-bond donors (Lipinski definition) is 0. The van der Waals surface area contributed by atoms with Crippen LogP contribution in [0.15, 0.2) is 0 Å². The Labute approximate surface area is 86.2 Å². The molecular weight excluding hydrogens is 211 g/mol. The predicted molar refractivity (Wildman–Crippen MR) is 47.6 cm³/mol. The molecule has 0 atom stereocenters. The van der Waals surface area contributed by atoms with E-state index in [2.05, 4.69) is 13.8 Å². The minimum atomic E-state index is -2.04. The molecule has 0 spiro atoms. The Bertz CT molecular complexity index is 83.1. The van der Waals surface area contributed by atoms with Gasteiger partial charge in [-0.15, -0.1) is 0 Å². The third-order valence-corrected chi connectivity index (χ3v) is 3.67. The molecule has 0 N–H and O–H groups in total. The fourth-order valence-electron chi connectivity index (χ4n) is 0.635. The summed E-state index contributed by atoms with van der Waals surface area (Å²) in [5.74, 6) is 0. The topological polar surface area (TPSA) is 18.5 Å². The molecule has 0 amide bonds. The van der Waals surface area contributed by atoms with Crippen LogP contribution in [-0.4, -0.2) is 13.2 Å². The van der Waals surface area contributed by atoms with Crippen molar-refractivity contribution >= 4 is 9.30 Å². The van der Waals surface area contributed by atoms with Crippen molar-refractivity contribution in [3.05, 3.63) is 0 Å². The van der Waals surface area contributed by atoms with E-state index in [1.807, 2.05) is 0 Å². The second-order valence-corrected chi connectivity index (χ2v) is 5.56. The van der Waals surface area contributed by atoms with Crippen LogP contribution in [0.4, 0.5) is 0 Å². The molecule has 12 heavy (non-hydrogen) atoms. The maximum absolute atomic E-state index is 5.87. The van der Waals surface area contributed by atoms with Crippen LogP contribution < -0.4 is 0 Å². The van der Waals surface area contributed by atoms with Crippen molar-refractivity contribution in [3.8, 4) is 0 Å². The van der Waals surface area contributed by atoms with E-state index in [1.165, 1.54) is 0 Å². The first-order valence-corrected chi connectivity index (χ1v) is 8.01. The molecule has 0 bridgehead atoms.